The topological polar surface area (TPSA) is 97.8 Å². The molecule has 2 aliphatic rings. The number of H-pyrrole nitrogens is 1. The van der Waals surface area contributed by atoms with Gasteiger partial charge in [-0.15, -0.1) is 0 Å². The minimum atomic E-state index is -0.353. The molecular formula is C21H24N4O2. The maximum absolute atomic E-state index is 12.7. The number of carbonyl (C=O) groups is 2. The van der Waals surface area contributed by atoms with Crippen LogP contribution in [0.1, 0.15) is 48.9 Å². The van der Waals surface area contributed by atoms with Crippen molar-refractivity contribution in [3.8, 4) is 6.07 Å². The van der Waals surface area contributed by atoms with Crippen LogP contribution in [-0.2, 0) is 4.79 Å². The van der Waals surface area contributed by atoms with Gasteiger partial charge >= 0.3 is 0 Å². The second-order valence-electron chi connectivity index (χ2n) is 7.86. The summed E-state index contributed by atoms with van der Waals surface area (Å²) in [6.45, 7) is 0.420. The Kier molecular flexibility index (Phi) is 4.61. The van der Waals surface area contributed by atoms with E-state index in [9.17, 15) is 14.9 Å². The lowest BCUT2D eigenvalue weighted by molar-refractivity contribution is -0.126. The van der Waals surface area contributed by atoms with Crippen molar-refractivity contribution in [3.05, 3.63) is 36.0 Å². The van der Waals surface area contributed by atoms with Gasteiger partial charge in [-0.3, -0.25) is 9.59 Å². The Hall–Kier alpha value is -2.81. The zero-order chi connectivity index (χ0) is 18.9. The van der Waals surface area contributed by atoms with Crippen molar-refractivity contribution < 1.29 is 9.59 Å². The SMILES string of the molecule is N#CC1(CNC(=O)[C@@H]2CCCC[C@@H]2NC(=O)c2ccc3cc[nH]c3c2)CC1. The monoisotopic (exact) mass is 364 g/mol. The van der Waals surface area contributed by atoms with Crippen LogP contribution in [0.4, 0.5) is 0 Å². The number of nitriles is 1. The van der Waals surface area contributed by atoms with E-state index in [0.717, 1.165) is 49.4 Å². The molecule has 0 radical (unpaired) electrons. The molecule has 140 valence electrons. The molecule has 2 fully saturated rings. The van der Waals surface area contributed by atoms with Crippen LogP contribution in [0, 0.1) is 22.7 Å². The largest absolute Gasteiger partial charge is 0.361 e. The standard InChI is InChI=1S/C21H24N4O2/c22-12-21(8-9-21)13-24-20(27)16-3-1-2-4-17(16)25-19(26)15-6-5-14-7-10-23-18(14)11-15/h5-7,10-11,16-17,23H,1-4,8-9,13H2,(H,24,27)(H,25,26)/t16-,17+/m1/s1. The third-order valence-electron chi connectivity index (χ3n) is 5.93. The normalized spacial score (nSPS) is 23.4. The molecule has 1 aromatic carbocycles. The van der Waals surface area contributed by atoms with E-state index < -0.39 is 0 Å². The van der Waals surface area contributed by atoms with Gasteiger partial charge in [0, 0.05) is 29.9 Å². The van der Waals surface area contributed by atoms with Gasteiger partial charge in [-0.1, -0.05) is 18.9 Å². The Labute approximate surface area is 158 Å². The highest BCUT2D eigenvalue weighted by Gasteiger charge is 2.44. The Morgan fingerprint density at radius 2 is 2.04 bits per heavy atom. The number of benzene rings is 1. The number of aromatic nitrogens is 1. The van der Waals surface area contributed by atoms with E-state index in [-0.39, 0.29) is 29.2 Å². The predicted molar refractivity (Wildman–Crippen MR) is 102 cm³/mol. The molecule has 4 rings (SSSR count). The van der Waals surface area contributed by atoms with E-state index in [4.69, 9.17) is 0 Å². The van der Waals surface area contributed by atoms with Crippen molar-refractivity contribution in [1.29, 1.82) is 5.26 Å². The highest BCUT2D eigenvalue weighted by Crippen LogP contribution is 2.44. The van der Waals surface area contributed by atoms with Crippen molar-refractivity contribution in [3.63, 3.8) is 0 Å². The molecule has 2 aliphatic carbocycles. The van der Waals surface area contributed by atoms with E-state index in [0.29, 0.717) is 12.1 Å². The molecule has 2 atom stereocenters. The number of hydrogen-bond acceptors (Lipinski definition) is 3. The fraction of sp³-hybridized carbons (Fsp3) is 0.476. The fourth-order valence-corrected chi connectivity index (χ4v) is 3.92. The average molecular weight is 364 g/mol. The summed E-state index contributed by atoms with van der Waals surface area (Å²) < 4.78 is 0. The second kappa shape index (κ2) is 7.07. The maximum atomic E-state index is 12.7. The van der Waals surface area contributed by atoms with E-state index >= 15 is 0 Å². The van der Waals surface area contributed by atoms with E-state index in [1.807, 2.05) is 30.5 Å². The number of carbonyl (C=O) groups excluding carboxylic acids is 2. The zero-order valence-electron chi connectivity index (χ0n) is 15.3. The number of hydrogen-bond donors (Lipinski definition) is 3. The Balaban J connectivity index is 1.41. The van der Waals surface area contributed by atoms with Crippen LogP contribution < -0.4 is 10.6 Å². The van der Waals surface area contributed by atoms with Crippen LogP contribution in [0.3, 0.4) is 0 Å². The molecule has 0 spiro atoms. The van der Waals surface area contributed by atoms with Crippen molar-refractivity contribution in [2.45, 2.75) is 44.6 Å². The molecule has 2 saturated carbocycles. The Morgan fingerprint density at radius 3 is 2.81 bits per heavy atom. The highest BCUT2D eigenvalue weighted by atomic mass is 16.2. The zero-order valence-corrected chi connectivity index (χ0v) is 15.3. The van der Waals surface area contributed by atoms with Crippen LogP contribution in [0.5, 0.6) is 0 Å². The van der Waals surface area contributed by atoms with Gasteiger partial charge in [0.25, 0.3) is 5.91 Å². The number of nitrogens with one attached hydrogen (secondary N) is 3. The molecule has 3 N–H and O–H groups in total. The third kappa shape index (κ3) is 3.68. The molecule has 6 nitrogen and oxygen atoms in total. The number of nitrogens with zero attached hydrogens (tertiary/aromatic N) is 1. The second-order valence-corrected chi connectivity index (χ2v) is 7.86. The highest BCUT2D eigenvalue weighted by molar-refractivity contribution is 5.98. The lowest BCUT2D eigenvalue weighted by atomic mass is 9.83. The summed E-state index contributed by atoms with van der Waals surface area (Å²) in [6.07, 6.45) is 7.13. The molecule has 2 amide bonds. The first-order chi connectivity index (χ1) is 13.1. The Bertz CT molecular complexity index is 906. The van der Waals surface area contributed by atoms with Crippen LogP contribution in [0.25, 0.3) is 10.9 Å². The number of aromatic amines is 1. The molecule has 0 unspecified atom stereocenters. The quantitative estimate of drug-likeness (QED) is 0.761. The molecule has 6 heteroatoms. The summed E-state index contributed by atoms with van der Waals surface area (Å²) >= 11 is 0. The predicted octanol–water partition coefficient (Wildman–Crippen LogP) is 2.88. The van der Waals surface area contributed by atoms with Gasteiger partial charge in [0.05, 0.1) is 17.4 Å². The van der Waals surface area contributed by atoms with Crippen LogP contribution in [-0.4, -0.2) is 29.4 Å². The van der Waals surface area contributed by atoms with Crippen molar-refractivity contribution in [2.75, 3.05) is 6.54 Å². The van der Waals surface area contributed by atoms with Crippen LogP contribution >= 0.6 is 0 Å². The molecule has 0 bridgehead atoms. The van der Waals surface area contributed by atoms with Crippen molar-refractivity contribution in [1.82, 2.24) is 15.6 Å². The minimum absolute atomic E-state index is 0.0404. The van der Waals surface area contributed by atoms with Gasteiger partial charge in [-0.25, -0.2) is 0 Å². The maximum Gasteiger partial charge on any atom is 0.251 e. The Morgan fingerprint density at radius 1 is 1.22 bits per heavy atom. The van der Waals surface area contributed by atoms with Crippen molar-refractivity contribution in [2.24, 2.45) is 11.3 Å². The smallest absolute Gasteiger partial charge is 0.251 e. The third-order valence-corrected chi connectivity index (χ3v) is 5.93. The minimum Gasteiger partial charge on any atom is -0.361 e. The van der Waals surface area contributed by atoms with E-state index in [1.54, 1.807) is 0 Å². The molecule has 2 aromatic rings. The van der Waals surface area contributed by atoms with Crippen LogP contribution in [0.15, 0.2) is 30.5 Å². The first-order valence-electron chi connectivity index (χ1n) is 9.67. The summed E-state index contributed by atoms with van der Waals surface area (Å²) in [6, 6.07) is 9.67. The molecule has 0 aliphatic heterocycles. The lowest BCUT2D eigenvalue weighted by Gasteiger charge is -2.31. The summed E-state index contributed by atoms with van der Waals surface area (Å²) in [7, 11) is 0. The number of amides is 2. The molecule has 1 aromatic heterocycles. The first-order valence-corrected chi connectivity index (χ1v) is 9.67. The van der Waals surface area contributed by atoms with Crippen LogP contribution in [0.2, 0.25) is 0 Å². The van der Waals surface area contributed by atoms with Gasteiger partial charge in [0.1, 0.15) is 0 Å². The fourth-order valence-electron chi connectivity index (χ4n) is 3.92. The molecule has 1 heterocycles. The summed E-state index contributed by atoms with van der Waals surface area (Å²) in [4.78, 5) is 28.5. The van der Waals surface area contributed by atoms with E-state index in [1.165, 1.54) is 0 Å². The lowest BCUT2D eigenvalue weighted by Crippen LogP contribution is -2.49. The summed E-state index contributed by atoms with van der Waals surface area (Å²) in [5, 5.41) is 16.3. The van der Waals surface area contributed by atoms with Gasteiger partial charge in [0.2, 0.25) is 5.91 Å². The summed E-state index contributed by atoms with van der Waals surface area (Å²) in [5.41, 5.74) is 1.16. The van der Waals surface area contributed by atoms with E-state index in [2.05, 4.69) is 21.7 Å². The van der Waals surface area contributed by atoms with Gasteiger partial charge < -0.3 is 15.6 Å². The van der Waals surface area contributed by atoms with Gasteiger partial charge in [0.15, 0.2) is 0 Å². The number of rotatable bonds is 5. The van der Waals surface area contributed by atoms with Gasteiger partial charge in [-0.2, -0.15) is 5.26 Å². The molecule has 0 saturated heterocycles. The summed E-state index contributed by atoms with van der Waals surface area (Å²) in [5.74, 6) is -0.417. The first kappa shape index (κ1) is 17.6. The molecular weight excluding hydrogens is 340 g/mol. The van der Waals surface area contributed by atoms with Gasteiger partial charge in [-0.05, 0) is 49.3 Å². The number of fused-ring (bicyclic) bond motifs is 1. The van der Waals surface area contributed by atoms with Crippen molar-refractivity contribution >= 4 is 22.7 Å². The molecule has 27 heavy (non-hydrogen) atoms. The average Bonchev–Trinajstić information content (AvgIpc) is 3.33.